The number of nitrogens with zero attached hydrogens (tertiary/aromatic N) is 2. The van der Waals surface area contributed by atoms with Crippen LogP contribution in [0.5, 0.6) is 5.88 Å². The lowest BCUT2D eigenvalue weighted by Crippen LogP contribution is -2.16. The topological polar surface area (TPSA) is 106 Å². The molecule has 4 rings (SSSR count). The van der Waals surface area contributed by atoms with Gasteiger partial charge in [-0.15, -0.1) is 0 Å². The maximum Gasteiger partial charge on any atom is 0.248 e. The van der Waals surface area contributed by atoms with Gasteiger partial charge in [0.25, 0.3) is 0 Å². The number of primary amides is 1. The van der Waals surface area contributed by atoms with Crippen LogP contribution in [0.4, 0.5) is 11.5 Å². The SMILES string of the molecule is NC(=O)c1ccc(Nc2cc3[nH]cnc3c(OCC3CCCCC3)n2)cc1. The van der Waals surface area contributed by atoms with Gasteiger partial charge < -0.3 is 20.8 Å². The molecule has 0 unspecified atom stereocenters. The number of nitrogens with two attached hydrogens (primary N) is 1. The number of amides is 1. The number of carbonyl (C=O) groups excluding carboxylic acids is 1. The predicted octanol–water partition coefficient (Wildman–Crippen LogP) is 3.76. The lowest BCUT2D eigenvalue weighted by Gasteiger charge is -2.21. The quantitative estimate of drug-likeness (QED) is 0.617. The molecule has 7 nitrogen and oxygen atoms in total. The van der Waals surface area contributed by atoms with Crippen LogP contribution < -0.4 is 15.8 Å². The number of aromatic amines is 1. The van der Waals surface area contributed by atoms with E-state index < -0.39 is 5.91 Å². The number of nitrogens with one attached hydrogen (secondary N) is 2. The van der Waals surface area contributed by atoms with Gasteiger partial charge in [-0.25, -0.2) is 4.98 Å². The molecule has 0 atom stereocenters. The van der Waals surface area contributed by atoms with Gasteiger partial charge in [-0.3, -0.25) is 4.79 Å². The highest BCUT2D eigenvalue weighted by molar-refractivity contribution is 5.93. The smallest absolute Gasteiger partial charge is 0.248 e. The van der Waals surface area contributed by atoms with Crippen molar-refractivity contribution in [3.05, 3.63) is 42.2 Å². The summed E-state index contributed by atoms with van der Waals surface area (Å²) in [7, 11) is 0. The van der Waals surface area contributed by atoms with Gasteiger partial charge in [0.2, 0.25) is 11.8 Å². The largest absolute Gasteiger partial charge is 0.476 e. The first-order valence-corrected chi connectivity index (χ1v) is 9.33. The number of carbonyl (C=O) groups is 1. The Bertz CT molecular complexity index is 929. The average Bonchev–Trinajstić information content (AvgIpc) is 3.16. The Kier molecular flexibility index (Phi) is 4.91. The number of hydrogen-bond acceptors (Lipinski definition) is 5. The van der Waals surface area contributed by atoms with Gasteiger partial charge >= 0.3 is 0 Å². The van der Waals surface area contributed by atoms with E-state index in [2.05, 4.69) is 20.3 Å². The van der Waals surface area contributed by atoms with Crippen LogP contribution in [0.25, 0.3) is 11.0 Å². The third-order valence-electron chi connectivity index (χ3n) is 5.00. The fraction of sp³-hybridized carbons (Fsp3) is 0.350. The van der Waals surface area contributed by atoms with Crippen molar-refractivity contribution >= 4 is 28.4 Å². The summed E-state index contributed by atoms with van der Waals surface area (Å²) in [5.74, 6) is 1.33. The lowest BCUT2D eigenvalue weighted by atomic mass is 9.90. The maximum absolute atomic E-state index is 11.2. The summed E-state index contributed by atoms with van der Waals surface area (Å²) in [6.45, 7) is 0.672. The number of rotatable bonds is 6. The molecule has 4 N–H and O–H groups in total. The highest BCUT2D eigenvalue weighted by atomic mass is 16.5. The fourth-order valence-corrected chi connectivity index (χ4v) is 3.50. The van der Waals surface area contributed by atoms with Crippen LogP contribution >= 0.6 is 0 Å². The summed E-state index contributed by atoms with van der Waals surface area (Å²) in [6, 6.07) is 8.83. The van der Waals surface area contributed by atoms with Crippen molar-refractivity contribution in [2.45, 2.75) is 32.1 Å². The van der Waals surface area contributed by atoms with Gasteiger partial charge in [-0.2, -0.15) is 4.98 Å². The molecule has 3 aromatic rings. The van der Waals surface area contributed by atoms with Gasteiger partial charge in [0, 0.05) is 17.3 Å². The molecule has 140 valence electrons. The van der Waals surface area contributed by atoms with E-state index in [1.807, 2.05) is 6.07 Å². The van der Waals surface area contributed by atoms with Crippen LogP contribution in [0.3, 0.4) is 0 Å². The number of benzene rings is 1. The Morgan fingerprint density at radius 2 is 2.00 bits per heavy atom. The minimum absolute atomic E-state index is 0.447. The molecule has 1 aliphatic carbocycles. The van der Waals surface area contributed by atoms with E-state index >= 15 is 0 Å². The maximum atomic E-state index is 11.2. The number of imidazole rings is 1. The summed E-state index contributed by atoms with van der Waals surface area (Å²) in [4.78, 5) is 23.3. The molecule has 2 aromatic heterocycles. The standard InChI is InChI=1S/C20H23N5O2/c21-19(26)14-6-8-15(9-7-14)24-17-10-16-18(23-12-22-16)20(25-17)27-11-13-4-2-1-3-5-13/h6-10,12-13H,1-5,11H2,(H2,21,26)(H,22,23)(H,24,25). The van der Waals surface area contributed by atoms with Gasteiger partial charge in [-0.1, -0.05) is 19.3 Å². The second kappa shape index (κ2) is 7.65. The summed E-state index contributed by atoms with van der Waals surface area (Å²) in [5.41, 5.74) is 8.16. The van der Waals surface area contributed by atoms with Crippen molar-refractivity contribution in [3.8, 4) is 5.88 Å². The van der Waals surface area contributed by atoms with Crippen LogP contribution in [0.15, 0.2) is 36.7 Å². The molecule has 0 radical (unpaired) electrons. The van der Waals surface area contributed by atoms with Crippen molar-refractivity contribution in [1.29, 1.82) is 0 Å². The molecule has 2 heterocycles. The number of hydrogen-bond donors (Lipinski definition) is 3. The van der Waals surface area contributed by atoms with Gasteiger partial charge in [0.15, 0.2) is 5.52 Å². The third-order valence-corrected chi connectivity index (χ3v) is 5.00. The number of pyridine rings is 1. The van der Waals surface area contributed by atoms with Crippen LogP contribution in [0.2, 0.25) is 0 Å². The summed E-state index contributed by atoms with van der Waals surface area (Å²) < 4.78 is 6.05. The van der Waals surface area contributed by atoms with E-state index in [0.29, 0.717) is 29.8 Å². The number of fused-ring (bicyclic) bond motifs is 1. The second-order valence-electron chi connectivity index (χ2n) is 6.99. The first-order valence-electron chi connectivity index (χ1n) is 9.33. The zero-order valence-electron chi connectivity index (χ0n) is 15.1. The Labute approximate surface area is 157 Å². The lowest BCUT2D eigenvalue weighted by molar-refractivity contribution is 0.100. The third kappa shape index (κ3) is 4.02. The van der Waals surface area contributed by atoms with Gasteiger partial charge in [0.05, 0.1) is 18.5 Å². The van der Waals surface area contributed by atoms with E-state index in [1.54, 1.807) is 30.6 Å². The van der Waals surface area contributed by atoms with Gasteiger partial charge in [-0.05, 0) is 43.0 Å². The Balaban J connectivity index is 1.53. The molecule has 0 aliphatic heterocycles. The first-order chi connectivity index (χ1) is 13.2. The normalized spacial score (nSPS) is 15.0. The van der Waals surface area contributed by atoms with Crippen LogP contribution in [0.1, 0.15) is 42.5 Å². The van der Waals surface area contributed by atoms with Crippen LogP contribution in [-0.2, 0) is 0 Å². The molecule has 0 spiro atoms. The zero-order chi connectivity index (χ0) is 18.6. The van der Waals surface area contributed by atoms with Crippen LogP contribution in [0, 0.1) is 5.92 Å². The molecule has 7 heteroatoms. The Hall–Kier alpha value is -3.09. The molecule has 0 bridgehead atoms. The number of H-pyrrole nitrogens is 1. The van der Waals surface area contributed by atoms with Crippen molar-refractivity contribution in [3.63, 3.8) is 0 Å². The molecular formula is C20H23N5O2. The van der Waals surface area contributed by atoms with Crippen molar-refractivity contribution in [2.24, 2.45) is 11.7 Å². The zero-order valence-corrected chi connectivity index (χ0v) is 15.1. The second-order valence-corrected chi connectivity index (χ2v) is 6.99. The van der Waals surface area contributed by atoms with Crippen molar-refractivity contribution < 1.29 is 9.53 Å². The van der Waals surface area contributed by atoms with E-state index in [1.165, 1.54) is 32.1 Å². The minimum atomic E-state index is -0.447. The molecule has 1 aliphatic rings. The van der Waals surface area contributed by atoms with E-state index in [9.17, 15) is 4.79 Å². The number of anilines is 2. The fourth-order valence-electron chi connectivity index (χ4n) is 3.50. The molecule has 1 amide bonds. The summed E-state index contributed by atoms with van der Waals surface area (Å²) in [5, 5.41) is 3.24. The van der Waals surface area contributed by atoms with Crippen LogP contribution in [-0.4, -0.2) is 27.5 Å². The number of ether oxygens (including phenoxy) is 1. The number of aromatic nitrogens is 3. The Morgan fingerprint density at radius 1 is 1.22 bits per heavy atom. The highest BCUT2D eigenvalue weighted by Gasteiger charge is 2.16. The molecule has 1 fully saturated rings. The molecule has 27 heavy (non-hydrogen) atoms. The highest BCUT2D eigenvalue weighted by Crippen LogP contribution is 2.28. The summed E-state index contributed by atoms with van der Waals surface area (Å²) >= 11 is 0. The monoisotopic (exact) mass is 365 g/mol. The van der Waals surface area contributed by atoms with Gasteiger partial charge in [0.1, 0.15) is 5.82 Å². The molecule has 0 saturated heterocycles. The average molecular weight is 365 g/mol. The molecular weight excluding hydrogens is 342 g/mol. The first kappa shape index (κ1) is 17.3. The van der Waals surface area contributed by atoms with E-state index in [4.69, 9.17) is 10.5 Å². The Morgan fingerprint density at radius 3 is 2.74 bits per heavy atom. The molecule has 1 aromatic carbocycles. The van der Waals surface area contributed by atoms with Crippen molar-refractivity contribution in [1.82, 2.24) is 15.0 Å². The van der Waals surface area contributed by atoms with Crippen molar-refractivity contribution in [2.75, 3.05) is 11.9 Å². The molecule has 1 saturated carbocycles. The minimum Gasteiger partial charge on any atom is -0.476 e. The van der Waals surface area contributed by atoms with E-state index in [-0.39, 0.29) is 0 Å². The predicted molar refractivity (Wildman–Crippen MR) is 104 cm³/mol. The van der Waals surface area contributed by atoms with E-state index in [0.717, 1.165) is 16.7 Å². The summed E-state index contributed by atoms with van der Waals surface area (Å²) in [6.07, 6.45) is 7.96.